The fourth-order valence-electron chi connectivity index (χ4n) is 1.24. The monoisotopic (exact) mass is 236 g/mol. The molecule has 0 aliphatic rings. The number of nitrogens with one attached hydrogen (secondary N) is 1. The number of hydrogen-bond donors (Lipinski definition) is 2. The number of alkyl halides is 3. The maximum absolute atomic E-state index is 12.4. The number of carbonyl (C=O) groups is 1. The number of H-pyrrole nitrogens is 1. The van der Waals surface area contributed by atoms with Crippen molar-refractivity contribution in [3.8, 4) is 0 Å². The van der Waals surface area contributed by atoms with E-state index in [1.165, 1.54) is 13.8 Å². The standard InChI is InChI=1S/C9H11F3N2O2/c1-8(2,7(15)16)3-5-4-13-14-6(5)9(10,11)12/h4H,3H2,1-2H3,(H,13,14)(H,15,16). The highest BCUT2D eigenvalue weighted by atomic mass is 19.4. The summed E-state index contributed by atoms with van der Waals surface area (Å²) in [6.07, 6.45) is -3.76. The Balaban J connectivity index is 3.00. The molecule has 7 heteroatoms. The van der Waals surface area contributed by atoms with Crippen LogP contribution >= 0.6 is 0 Å². The molecule has 1 rings (SSSR count). The maximum atomic E-state index is 12.4. The molecule has 0 saturated heterocycles. The van der Waals surface area contributed by atoms with Gasteiger partial charge in [0.25, 0.3) is 0 Å². The number of rotatable bonds is 3. The summed E-state index contributed by atoms with van der Waals surface area (Å²) in [5.74, 6) is -1.15. The second-order valence-electron chi connectivity index (χ2n) is 4.13. The third-order valence-corrected chi connectivity index (χ3v) is 2.21. The van der Waals surface area contributed by atoms with Crippen LogP contribution in [0.4, 0.5) is 13.2 Å². The van der Waals surface area contributed by atoms with Gasteiger partial charge in [-0.05, 0) is 20.3 Å². The van der Waals surface area contributed by atoms with Gasteiger partial charge in [-0.2, -0.15) is 18.3 Å². The number of carboxylic acids is 1. The minimum Gasteiger partial charge on any atom is -0.481 e. The summed E-state index contributed by atoms with van der Waals surface area (Å²) in [4.78, 5) is 10.8. The van der Waals surface area contributed by atoms with Gasteiger partial charge in [-0.1, -0.05) is 0 Å². The number of aromatic nitrogens is 2. The third kappa shape index (κ3) is 2.53. The van der Waals surface area contributed by atoms with E-state index in [1.54, 1.807) is 0 Å². The molecule has 1 aromatic heterocycles. The molecule has 0 aromatic carbocycles. The van der Waals surface area contributed by atoms with Crippen LogP contribution in [0.25, 0.3) is 0 Å². The van der Waals surface area contributed by atoms with Crippen molar-refractivity contribution in [1.29, 1.82) is 0 Å². The Morgan fingerprint density at radius 3 is 2.50 bits per heavy atom. The first kappa shape index (κ1) is 12.5. The molecular formula is C9H11F3N2O2. The van der Waals surface area contributed by atoms with Gasteiger partial charge < -0.3 is 5.11 Å². The molecule has 0 aliphatic carbocycles. The number of hydrogen-bond acceptors (Lipinski definition) is 2. The number of nitrogens with zero attached hydrogens (tertiary/aromatic N) is 1. The van der Waals surface area contributed by atoms with Gasteiger partial charge in [0.2, 0.25) is 0 Å². The lowest BCUT2D eigenvalue weighted by atomic mass is 9.86. The Morgan fingerprint density at radius 1 is 1.50 bits per heavy atom. The van der Waals surface area contributed by atoms with Gasteiger partial charge in [0.15, 0.2) is 0 Å². The van der Waals surface area contributed by atoms with Gasteiger partial charge in [-0.25, -0.2) is 0 Å². The van der Waals surface area contributed by atoms with Gasteiger partial charge >= 0.3 is 12.1 Å². The molecular weight excluding hydrogens is 225 g/mol. The molecule has 0 saturated carbocycles. The van der Waals surface area contributed by atoms with Crippen LogP contribution in [0, 0.1) is 5.41 Å². The van der Waals surface area contributed by atoms with Gasteiger partial charge in [0.05, 0.1) is 11.6 Å². The van der Waals surface area contributed by atoms with E-state index in [2.05, 4.69) is 5.10 Å². The first-order valence-electron chi connectivity index (χ1n) is 4.47. The highest BCUT2D eigenvalue weighted by Gasteiger charge is 2.38. The van der Waals surface area contributed by atoms with Crippen molar-refractivity contribution in [2.24, 2.45) is 5.41 Å². The lowest BCUT2D eigenvalue weighted by Gasteiger charge is -2.19. The van der Waals surface area contributed by atoms with Crippen LogP contribution in [0.2, 0.25) is 0 Å². The average molecular weight is 236 g/mol. The Kier molecular flexibility index (Phi) is 2.98. The zero-order chi connectivity index (χ0) is 12.6. The lowest BCUT2D eigenvalue weighted by Crippen LogP contribution is -2.27. The van der Waals surface area contributed by atoms with Crippen molar-refractivity contribution < 1.29 is 23.1 Å². The zero-order valence-electron chi connectivity index (χ0n) is 8.72. The minimum atomic E-state index is -4.54. The summed E-state index contributed by atoms with van der Waals surface area (Å²) < 4.78 is 37.3. The highest BCUT2D eigenvalue weighted by Crippen LogP contribution is 2.33. The molecule has 0 fully saturated rings. The Hall–Kier alpha value is -1.53. The molecule has 1 heterocycles. The maximum Gasteiger partial charge on any atom is 0.433 e. The number of aromatic amines is 1. The molecule has 1 aromatic rings. The molecule has 0 unspecified atom stereocenters. The SMILES string of the molecule is CC(C)(Cc1cn[nH]c1C(F)(F)F)C(=O)O. The summed E-state index contributed by atoms with van der Waals surface area (Å²) in [6, 6.07) is 0. The Bertz CT molecular complexity index is 396. The molecule has 90 valence electrons. The van der Waals surface area contributed by atoms with Crippen LogP contribution < -0.4 is 0 Å². The van der Waals surface area contributed by atoms with Crippen LogP contribution in [-0.2, 0) is 17.4 Å². The van der Waals surface area contributed by atoms with Crippen molar-refractivity contribution in [1.82, 2.24) is 10.2 Å². The summed E-state index contributed by atoms with van der Waals surface area (Å²) >= 11 is 0. The van der Waals surface area contributed by atoms with Crippen molar-refractivity contribution in [3.63, 3.8) is 0 Å². The fraction of sp³-hybridized carbons (Fsp3) is 0.556. The summed E-state index contributed by atoms with van der Waals surface area (Å²) in [5, 5.41) is 14.0. The average Bonchev–Trinajstić information content (AvgIpc) is 2.49. The first-order valence-corrected chi connectivity index (χ1v) is 4.47. The van der Waals surface area contributed by atoms with E-state index < -0.39 is 23.3 Å². The molecule has 0 aliphatic heterocycles. The first-order chi connectivity index (χ1) is 7.14. The van der Waals surface area contributed by atoms with E-state index in [0.29, 0.717) is 0 Å². The van der Waals surface area contributed by atoms with Crippen molar-refractivity contribution in [3.05, 3.63) is 17.5 Å². The Labute approximate surface area is 89.5 Å². The molecule has 0 bridgehead atoms. The van der Waals surface area contributed by atoms with E-state index in [9.17, 15) is 18.0 Å². The molecule has 16 heavy (non-hydrogen) atoms. The fourth-order valence-corrected chi connectivity index (χ4v) is 1.24. The Morgan fingerprint density at radius 2 is 2.06 bits per heavy atom. The largest absolute Gasteiger partial charge is 0.481 e. The van der Waals surface area contributed by atoms with Crippen LogP contribution in [0.5, 0.6) is 0 Å². The van der Waals surface area contributed by atoms with Crippen LogP contribution in [-0.4, -0.2) is 21.3 Å². The summed E-state index contributed by atoms with van der Waals surface area (Å²) in [7, 11) is 0. The summed E-state index contributed by atoms with van der Waals surface area (Å²) in [5.41, 5.74) is -2.38. The molecule has 0 atom stereocenters. The van der Waals surface area contributed by atoms with Crippen molar-refractivity contribution in [2.45, 2.75) is 26.4 Å². The third-order valence-electron chi connectivity index (χ3n) is 2.21. The quantitative estimate of drug-likeness (QED) is 0.844. The molecule has 0 spiro atoms. The van der Waals surface area contributed by atoms with E-state index in [0.717, 1.165) is 6.20 Å². The van der Waals surface area contributed by atoms with E-state index in [-0.39, 0.29) is 12.0 Å². The van der Waals surface area contributed by atoms with Gasteiger partial charge in [-0.15, -0.1) is 0 Å². The second kappa shape index (κ2) is 3.80. The number of carboxylic acid groups (broad SMARTS) is 1. The van der Waals surface area contributed by atoms with Gasteiger partial charge in [0, 0.05) is 5.56 Å². The van der Waals surface area contributed by atoms with Gasteiger partial charge in [-0.3, -0.25) is 9.89 Å². The van der Waals surface area contributed by atoms with Crippen LogP contribution in [0.3, 0.4) is 0 Å². The number of halogens is 3. The van der Waals surface area contributed by atoms with Crippen LogP contribution in [0.1, 0.15) is 25.1 Å². The normalized spacial score (nSPS) is 12.8. The van der Waals surface area contributed by atoms with Gasteiger partial charge in [0.1, 0.15) is 5.69 Å². The topological polar surface area (TPSA) is 66.0 Å². The van der Waals surface area contributed by atoms with Crippen LogP contribution in [0.15, 0.2) is 6.20 Å². The predicted molar refractivity (Wildman–Crippen MR) is 48.7 cm³/mol. The predicted octanol–water partition coefficient (Wildman–Crippen LogP) is 2.08. The van der Waals surface area contributed by atoms with E-state index >= 15 is 0 Å². The molecule has 4 nitrogen and oxygen atoms in total. The minimum absolute atomic E-state index is 0.139. The molecule has 2 N–H and O–H groups in total. The zero-order valence-corrected chi connectivity index (χ0v) is 8.72. The van der Waals surface area contributed by atoms with E-state index in [1.807, 2.05) is 5.10 Å². The number of aliphatic carboxylic acids is 1. The molecule has 0 amide bonds. The van der Waals surface area contributed by atoms with Crippen molar-refractivity contribution in [2.75, 3.05) is 0 Å². The smallest absolute Gasteiger partial charge is 0.433 e. The van der Waals surface area contributed by atoms with Crippen molar-refractivity contribution >= 4 is 5.97 Å². The molecule has 0 radical (unpaired) electrons. The summed E-state index contributed by atoms with van der Waals surface area (Å²) in [6.45, 7) is 2.73. The lowest BCUT2D eigenvalue weighted by molar-refractivity contribution is -0.148. The van der Waals surface area contributed by atoms with E-state index in [4.69, 9.17) is 5.11 Å². The highest BCUT2D eigenvalue weighted by molar-refractivity contribution is 5.74. The second-order valence-corrected chi connectivity index (χ2v) is 4.13.